The van der Waals surface area contributed by atoms with Crippen molar-refractivity contribution in [2.45, 2.75) is 52.0 Å². The smallest absolute Gasteiger partial charge is 0.409 e. The fourth-order valence-electron chi connectivity index (χ4n) is 2.80. The molecule has 0 aliphatic carbocycles. The second-order valence-electron chi connectivity index (χ2n) is 6.36. The third-order valence-electron chi connectivity index (χ3n) is 4.33. The van der Waals surface area contributed by atoms with E-state index in [1.807, 2.05) is 0 Å². The average molecular weight is 363 g/mol. The zero-order valence-corrected chi connectivity index (χ0v) is 15.7. The van der Waals surface area contributed by atoms with Gasteiger partial charge in [-0.3, -0.25) is 4.79 Å². The Morgan fingerprint density at radius 1 is 1.19 bits per heavy atom. The van der Waals surface area contributed by atoms with Crippen LogP contribution in [-0.4, -0.2) is 59.2 Å². The molecule has 1 aromatic heterocycles. The van der Waals surface area contributed by atoms with Crippen molar-refractivity contribution < 1.29 is 14.3 Å². The van der Waals surface area contributed by atoms with Crippen molar-refractivity contribution in [1.82, 2.24) is 20.2 Å². The Bertz CT molecular complexity index is 571. The largest absolute Gasteiger partial charge is 0.450 e. The second kappa shape index (κ2) is 10.6. The first-order valence-corrected chi connectivity index (χ1v) is 9.42. The maximum absolute atomic E-state index is 12.0. The van der Waals surface area contributed by atoms with E-state index in [4.69, 9.17) is 4.74 Å². The molecular weight excluding hydrogens is 334 g/mol. The Morgan fingerprint density at radius 3 is 2.50 bits per heavy atom. The highest BCUT2D eigenvalue weighted by Crippen LogP contribution is 2.15. The third-order valence-corrected chi connectivity index (χ3v) is 4.33. The van der Waals surface area contributed by atoms with E-state index in [9.17, 15) is 9.59 Å². The van der Waals surface area contributed by atoms with Gasteiger partial charge in [-0.15, -0.1) is 0 Å². The molecule has 2 N–H and O–H groups in total. The lowest BCUT2D eigenvalue weighted by Gasteiger charge is -2.31. The Labute approximate surface area is 154 Å². The number of carbonyl (C=O) groups is 2. The summed E-state index contributed by atoms with van der Waals surface area (Å²) in [4.78, 5) is 33.9. The van der Waals surface area contributed by atoms with Crippen molar-refractivity contribution in [1.29, 1.82) is 0 Å². The SMILES string of the molecule is CCCCCNC(=O)c1cnc(NC2CCN(C(=O)OCC)CC2)nc1. The quantitative estimate of drug-likeness (QED) is 0.689. The lowest BCUT2D eigenvalue weighted by atomic mass is 10.1. The number of unbranched alkanes of at least 4 members (excludes halogenated alkanes) is 2. The summed E-state index contributed by atoms with van der Waals surface area (Å²) in [6, 6.07) is 0.203. The molecule has 0 spiro atoms. The molecule has 8 heteroatoms. The van der Waals surface area contributed by atoms with Crippen LogP contribution in [0.4, 0.5) is 10.7 Å². The molecule has 0 saturated carbocycles. The number of piperidine rings is 1. The van der Waals surface area contributed by atoms with E-state index in [1.54, 1.807) is 11.8 Å². The van der Waals surface area contributed by atoms with Gasteiger partial charge >= 0.3 is 6.09 Å². The number of ether oxygens (including phenoxy) is 1. The van der Waals surface area contributed by atoms with Crippen LogP contribution in [0.25, 0.3) is 0 Å². The van der Waals surface area contributed by atoms with E-state index < -0.39 is 0 Å². The van der Waals surface area contributed by atoms with E-state index in [-0.39, 0.29) is 18.0 Å². The molecule has 2 rings (SSSR count). The predicted octanol–water partition coefficient (Wildman–Crippen LogP) is 2.43. The molecule has 0 atom stereocenters. The summed E-state index contributed by atoms with van der Waals surface area (Å²) in [5, 5.41) is 6.14. The summed E-state index contributed by atoms with van der Waals surface area (Å²) < 4.78 is 5.02. The first-order chi connectivity index (χ1) is 12.6. The van der Waals surface area contributed by atoms with Crippen LogP contribution in [0.15, 0.2) is 12.4 Å². The van der Waals surface area contributed by atoms with E-state index in [1.165, 1.54) is 12.4 Å². The molecule has 2 amide bonds. The lowest BCUT2D eigenvalue weighted by molar-refractivity contribution is 0.0951. The van der Waals surface area contributed by atoms with E-state index in [2.05, 4.69) is 27.5 Å². The molecule has 1 saturated heterocycles. The van der Waals surface area contributed by atoms with Gasteiger partial charge in [-0.05, 0) is 26.2 Å². The number of likely N-dealkylation sites (tertiary alicyclic amines) is 1. The molecule has 1 fully saturated rings. The minimum Gasteiger partial charge on any atom is -0.450 e. The van der Waals surface area contributed by atoms with Gasteiger partial charge in [0.1, 0.15) is 0 Å². The van der Waals surface area contributed by atoms with E-state index in [0.717, 1.165) is 32.1 Å². The van der Waals surface area contributed by atoms with Crippen molar-refractivity contribution in [3.63, 3.8) is 0 Å². The van der Waals surface area contributed by atoms with Gasteiger partial charge in [-0.1, -0.05) is 19.8 Å². The van der Waals surface area contributed by atoms with Gasteiger partial charge in [0, 0.05) is 38.1 Å². The first-order valence-electron chi connectivity index (χ1n) is 9.42. The molecule has 0 unspecified atom stereocenters. The Balaban J connectivity index is 1.75. The number of hydrogen-bond donors (Lipinski definition) is 2. The van der Waals surface area contributed by atoms with Gasteiger partial charge in [0.25, 0.3) is 5.91 Å². The number of anilines is 1. The van der Waals surface area contributed by atoms with Crippen LogP contribution in [-0.2, 0) is 4.74 Å². The van der Waals surface area contributed by atoms with Crippen molar-refractivity contribution in [3.8, 4) is 0 Å². The van der Waals surface area contributed by atoms with Crippen LogP contribution >= 0.6 is 0 Å². The predicted molar refractivity (Wildman–Crippen MR) is 99.1 cm³/mol. The summed E-state index contributed by atoms with van der Waals surface area (Å²) in [5.74, 6) is 0.359. The number of nitrogens with zero attached hydrogens (tertiary/aromatic N) is 3. The maximum Gasteiger partial charge on any atom is 0.409 e. The molecule has 26 heavy (non-hydrogen) atoms. The fraction of sp³-hybridized carbons (Fsp3) is 0.667. The molecule has 1 aromatic rings. The minimum absolute atomic E-state index is 0.143. The van der Waals surface area contributed by atoms with Crippen molar-refractivity contribution in [2.75, 3.05) is 31.6 Å². The van der Waals surface area contributed by atoms with E-state index in [0.29, 0.717) is 37.8 Å². The lowest BCUT2D eigenvalue weighted by Crippen LogP contribution is -2.42. The highest BCUT2D eigenvalue weighted by Gasteiger charge is 2.23. The van der Waals surface area contributed by atoms with Crippen LogP contribution < -0.4 is 10.6 Å². The molecule has 1 aliphatic rings. The van der Waals surface area contributed by atoms with Gasteiger partial charge in [-0.2, -0.15) is 0 Å². The summed E-state index contributed by atoms with van der Waals surface area (Å²) in [7, 11) is 0. The highest BCUT2D eigenvalue weighted by molar-refractivity contribution is 5.93. The van der Waals surface area contributed by atoms with Crippen LogP contribution in [0.3, 0.4) is 0 Å². The molecule has 0 aromatic carbocycles. The van der Waals surface area contributed by atoms with Crippen LogP contribution in [0, 0.1) is 0 Å². The number of amides is 2. The summed E-state index contributed by atoms with van der Waals surface area (Å²) in [5.41, 5.74) is 0.462. The van der Waals surface area contributed by atoms with Crippen LogP contribution in [0.5, 0.6) is 0 Å². The molecule has 0 bridgehead atoms. The summed E-state index contributed by atoms with van der Waals surface area (Å²) >= 11 is 0. The highest BCUT2D eigenvalue weighted by atomic mass is 16.6. The minimum atomic E-state index is -0.253. The van der Waals surface area contributed by atoms with Gasteiger partial charge in [0.05, 0.1) is 12.2 Å². The second-order valence-corrected chi connectivity index (χ2v) is 6.36. The molecule has 0 radical (unpaired) electrons. The van der Waals surface area contributed by atoms with Gasteiger partial charge in [-0.25, -0.2) is 14.8 Å². The molecule has 2 heterocycles. The Morgan fingerprint density at radius 2 is 1.88 bits per heavy atom. The molecule has 8 nitrogen and oxygen atoms in total. The van der Waals surface area contributed by atoms with Crippen molar-refractivity contribution >= 4 is 17.9 Å². The number of carbonyl (C=O) groups excluding carboxylic acids is 2. The van der Waals surface area contributed by atoms with E-state index >= 15 is 0 Å². The zero-order valence-electron chi connectivity index (χ0n) is 15.7. The van der Waals surface area contributed by atoms with Crippen LogP contribution in [0.2, 0.25) is 0 Å². The summed E-state index contributed by atoms with van der Waals surface area (Å²) in [6.45, 7) is 6.29. The maximum atomic E-state index is 12.0. The zero-order chi connectivity index (χ0) is 18.8. The number of hydrogen-bond acceptors (Lipinski definition) is 6. The Hall–Kier alpha value is -2.38. The molecule has 1 aliphatic heterocycles. The number of nitrogens with one attached hydrogen (secondary N) is 2. The molecule has 144 valence electrons. The van der Waals surface area contributed by atoms with Crippen molar-refractivity contribution in [2.24, 2.45) is 0 Å². The standard InChI is InChI=1S/C18H29N5O3/c1-3-5-6-9-19-16(24)14-12-20-17(21-13-14)22-15-7-10-23(11-8-15)18(25)26-4-2/h12-13,15H,3-11H2,1-2H3,(H,19,24)(H,20,21,22). The van der Waals surface area contributed by atoms with Crippen LogP contribution in [0.1, 0.15) is 56.3 Å². The Kier molecular flexibility index (Phi) is 8.11. The average Bonchev–Trinajstić information content (AvgIpc) is 2.66. The first kappa shape index (κ1) is 19.9. The van der Waals surface area contributed by atoms with Gasteiger partial charge in [0.2, 0.25) is 5.95 Å². The number of rotatable bonds is 8. The molecular formula is C18H29N5O3. The van der Waals surface area contributed by atoms with Gasteiger partial charge < -0.3 is 20.3 Å². The third kappa shape index (κ3) is 6.16. The monoisotopic (exact) mass is 363 g/mol. The van der Waals surface area contributed by atoms with Crippen molar-refractivity contribution in [3.05, 3.63) is 18.0 Å². The fourth-order valence-corrected chi connectivity index (χ4v) is 2.80. The topological polar surface area (TPSA) is 96.5 Å². The normalized spacial score (nSPS) is 14.8. The number of aromatic nitrogens is 2. The summed E-state index contributed by atoms with van der Waals surface area (Å²) in [6.07, 6.45) is 7.65. The van der Waals surface area contributed by atoms with Gasteiger partial charge in [0.15, 0.2) is 0 Å².